The molecule has 1 amide bonds. The van der Waals surface area contributed by atoms with Gasteiger partial charge in [-0.05, 0) is 30.7 Å². The van der Waals surface area contributed by atoms with Gasteiger partial charge in [0.15, 0.2) is 0 Å². The lowest BCUT2D eigenvalue weighted by atomic mass is 10.2. The van der Waals surface area contributed by atoms with Gasteiger partial charge in [-0.2, -0.15) is 0 Å². The summed E-state index contributed by atoms with van der Waals surface area (Å²) in [6.07, 6.45) is 3.23. The molecule has 3 heterocycles. The number of aryl methyl sites for hydroxylation is 1. The lowest BCUT2D eigenvalue weighted by molar-refractivity contribution is 0.102. The van der Waals surface area contributed by atoms with Gasteiger partial charge in [-0.3, -0.25) is 4.79 Å². The molecule has 31 heavy (non-hydrogen) atoms. The average molecular weight is 433 g/mol. The number of amides is 1. The molecule has 4 rings (SSSR count). The van der Waals surface area contributed by atoms with E-state index in [2.05, 4.69) is 20.4 Å². The van der Waals surface area contributed by atoms with Gasteiger partial charge in [0.2, 0.25) is 5.88 Å². The van der Waals surface area contributed by atoms with Crippen LogP contribution in [-0.2, 0) is 12.4 Å². The Labute approximate surface area is 183 Å². The van der Waals surface area contributed by atoms with Crippen LogP contribution in [0.5, 0.6) is 5.88 Å². The van der Waals surface area contributed by atoms with E-state index in [4.69, 9.17) is 9.26 Å². The zero-order valence-corrected chi connectivity index (χ0v) is 17.6. The second kappa shape index (κ2) is 9.90. The summed E-state index contributed by atoms with van der Waals surface area (Å²) in [5.41, 5.74) is 2.92. The quantitative estimate of drug-likeness (QED) is 0.396. The topological polar surface area (TPSA) is 90.1 Å². The first kappa shape index (κ1) is 20.6. The third-order valence-electron chi connectivity index (χ3n) is 4.27. The van der Waals surface area contributed by atoms with E-state index in [0.717, 1.165) is 17.0 Å². The Morgan fingerprint density at radius 1 is 1.10 bits per heavy atom. The van der Waals surface area contributed by atoms with Crippen LogP contribution in [0.15, 0.2) is 82.6 Å². The molecule has 0 fully saturated rings. The maximum Gasteiger partial charge on any atom is 0.258 e. The van der Waals surface area contributed by atoms with Gasteiger partial charge >= 0.3 is 0 Å². The van der Waals surface area contributed by atoms with E-state index in [0.29, 0.717) is 34.5 Å². The number of hydrogen-bond donors (Lipinski definition) is 1. The number of anilines is 1. The molecule has 0 radical (unpaired) electrons. The van der Waals surface area contributed by atoms with Crippen molar-refractivity contribution in [1.29, 1.82) is 0 Å². The van der Waals surface area contributed by atoms with Crippen LogP contribution < -0.4 is 10.1 Å². The Balaban J connectivity index is 1.36. The van der Waals surface area contributed by atoms with Crippen LogP contribution in [0.4, 0.5) is 5.69 Å². The first-order valence-corrected chi connectivity index (χ1v) is 10.6. The van der Waals surface area contributed by atoms with Crippen molar-refractivity contribution < 1.29 is 14.1 Å². The average Bonchev–Trinajstić information content (AvgIpc) is 3.23. The fraction of sp³-hybridized carbons (Fsp3) is 0.130. The second-order valence-electron chi connectivity index (χ2n) is 6.69. The van der Waals surface area contributed by atoms with Crippen molar-refractivity contribution in [1.82, 2.24) is 15.1 Å². The fourth-order valence-electron chi connectivity index (χ4n) is 2.78. The van der Waals surface area contributed by atoms with Gasteiger partial charge in [0, 0.05) is 24.1 Å². The van der Waals surface area contributed by atoms with Crippen LogP contribution in [0.3, 0.4) is 0 Å². The number of thioether (sulfide) groups is 1. The van der Waals surface area contributed by atoms with E-state index >= 15 is 0 Å². The van der Waals surface area contributed by atoms with Crippen LogP contribution in [0.2, 0.25) is 0 Å². The normalized spacial score (nSPS) is 10.6. The first-order chi connectivity index (χ1) is 15.2. The van der Waals surface area contributed by atoms with E-state index in [-0.39, 0.29) is 5.91 Å². The summed E-state index contributed by atoms with van der Waals surface area (Å²) < 4.78 is 10.8. The summed E-state index contributed by atoms with van der Waals surface area (Å²) in [5, 5.41) is 7.45. The van der Waals surface area contributed by atoms with Crippen LogP contribution in [-0.4, -0.2) is 21.0 Å². The number of nitrogens with one attached hydrogen (secondary N) is 1. The van der Waals surface area contributed by atoms with Crippen LogP contribution in [0, 0.1) is 6.92 Å². The van der Waals surface area contributed by atoms with Crippen molar-refractivity contribution in [2.45, 2.75) is 24.3 Å². The molecule has 4 aromatic rings. The highest BCUT2D eigenvalue weighted by Crippen LogP contribution is 2.25. The van der Waals surface area contributed by atoms with Crippen molar-refractivity contribution in [3.8, 4) is 5.88 Å². The number of ether oxygens (including phenoxy) is 1. The number of aromatic nitrogens is 3. The Kier molecular flexibility index (Phi) is 6.59. The summed E-state index contributed by atoms with van der Waals surface area (Å²) >= 11 is 1.43. The monoisotopic (exact) mass is 432 g/mol. The Morgan fingerprint density at radius 2 is 1.97 bits per heavy atom. The van der Waals surface area contributed by atoms with Gasteiger partial charge < -0.3 is 14.6 Å². The molecule has 0 aliphatic rings. The van der Waals surface area contributed by atoms with E-state index < -0.39 is 0 Å². The number of carbonyl (C=O) groups excluding carboxylic acids is 1. The molecule has 0 aliphatic carbocycles. The highest BCUT2D eigenvalue weighted by Gasteiger charge is 2.14. The van der Waals surface area contributed by atoms with Gasteiger partial charge in [0.1, 0.15) is 17.4 Å². The SMILES string of the molecule is Cc1cc(CSc2ncccc2C(=O)Nc2ccc(OCc3ccccc3)nc2)no1. The Hall–Kier alpha value is -3.65. The molecule has 3 aromatic heterocycles. The zero-order chi connectivity index (χ0) is 21.5. The summed E-state index contributed by atoms with van der Waals surface area (Å²) in [6.45, 7) is 2.27. The summed E-state index contributed by atoms with van der Waals surface area (Å²) in [6, 6.07) is 18.7. The lowest BCUT2D eigenvalue weighted by Crippen LogP contribution is -2.14. The summed E-state index contributed by atoms with van der Waals surface area (Å²) in [5.74, 6) is 1.54. The van der Waals surface area contributed by atoms with Crippen molar-refractivity contribution in [2.24, 2.45) is 0 Å². The minimum absolute atomic E-state index is 0.258. The lowest BCUT2D eigenvalue weighted by Gasteiger charge is -2.09. The van der Waals surface area contributed by atoms with Crippen molar-refractivity contribution in [2.75, 3.05) is 5.32 Å². The smallest absolute Gasteiger partial charge is 0.258 e. The summed E-state index contributed by atoms with van der Waals surface area (Å²) in [4.78, 5) is 21.4. The van der Waals surface area contributed by atoms with Crippen LogP contribution in [0.1, 0.15) is 27.4 Å². The Bertz CT molecular complexity index is 1150. The highest BCUT2D eigenvalue weighted by atomic mass is 32.2. The van der Waals surface area contributed by atoms with Gasteiger partial charge in [0.25, 0.3) is 5.91 Å². The molecule has 0 unspecified atom stereocenters. The number of benzene rings is 1. The van der Waals surface area contributed by atoms with Crippen molar-refractivity contribution in [3.63, 3.8) is 0 Å². The number of rotatable bonds is 8. The second-order valence-corrected chi connectivity index (χ2v) is 7.65. The van der Waals surface area contributed by atoms with Gasteiger partial charge in [0.05, 0.1) is 23.1 Å². The standard InChI is InChI=1S/C23H20N4O3S/c1-16-12-19(27-30-16)15-31-23-20(8-5-11-24-23)22(28)26-18-9-10-21(25-13-18)29-14-17-6-3-2-4-7-17/h2-13H,14-15H2,1H3,(H,26,28). The van der Waals surface area contributed by atoms with Crippen LogP contribution >= 0.6 is 11.8 Å². The number of nitrogens with zero attached hydrogens (tertiary/aromatic N) is 3. The molecule has 0 atom stereocenters. The molecule has 1 aromatic carbocycles. The predicted octanol–water partition coefficient (Wildman–Crippen LogP) is 4.90. The third kappa shape index (κ3) is 5.70. The third-order valence-corrected chi connectivity index (χ3v) is 5.31. The van der Waals surface area contributed by atoms with E-state index in [1.165, 1.54) is 11.8 Å². The summed E-state index contributed by atoms with van der Waals surface area (Å²) in [7, 11) is 0. The molecule has 0 aliphatic heterocycles. The van der Waals surface area contributed by atoms with E-state index in [9.17, 15) is 4.79 Å². The van der Waals surface area contributed by atoms with Crippen molar-refractivity contribution in [3.05, 3.63) is 95.6 Å². The van der Waals surface area contributed by atoms with E-state index in [1.54, 1.807) is 36.7 Å². The maximum absolute atomic E-state index is 12.8. The minimum atomic E-state index is -0.258. The highest BCUT2D eigenvalue weighted by molar-refractivity contribution is 7.98. The number of pyridine rings is 2. The maximum atomic E-state index is 12.8. The molecule has 1 N–H and O–H groups in total. The molecule has 0 saturated carbocycles. The molecule has 0 spiro atoms. The molecule has 7 nitrogen and oxygen atoms in total. The van der Waals surface area contributed by atoms with Gasteiger partial charge in [-0.1, -0.05) is 47.3 Å². The number of carbonyl (C=O) groups is 1. The largest absolute Gasteiger partial charge is 0.473 e. The molecule has 0 saturated heterocycles. The molecule has 8 heteroatoms. The first-order valence-electron chi connectivity index (χ1n) is 9.61. The Morgan fingerprint density at radius 3 is 2.71 bits per heavy atom. The van der Waals surface area contributed by atoms with Crippen molar-refractivity contribution >= 4 is 23.4 Å². The molecule has 0 bridgehead atoms. The minimum Gasteiger partial charge on any atom is -0.473 e. The van der Waals surface area contributed by atoms with E-state index in [1.807, 2.05) is 43.3 Å². The molecular formula is C23H20N4O3S. The molecular weight excluding hydrogens is 412 g/mol. The van der Waals surface area contributed by atoms with Gasteiger partial charge in [-0.15, -0.1) is 0 Å². The number of hydrogen-bond acceptors (Lipinski definition) is 7. The zero-order valence-electron chi connectivity index (χ0n) is 16.8. The predicted molar refractivity (Wildman–Crippen MR) is 118 cm³/mol. The fourth-order valence-corrected chi connectivity index (χ4v) is 3.65. The van der Waals surface area contributed by atoms with Gasteiger partial charge in [-0.25, -0.2) is 9.97 Å². The van der Waals surface area contributed by atoms with Crippen LogP contribution in [0.25, 0.3) is 0 Å². The molecule has 156 valence electrons.